The van der Waals surface area contributed by atoms with Crippen molar-refractivity contribution in [2.45, 2.75) is 13.8 Å². The Hall–Kier alpha value is -1.89. The second-order valence-corrected chi connectivity index (χ2v) is 3.83. The molecule has 17 heavy (non-hydrogen) atoms. The number of hydrogen-bond acceptors (Lipinski definition) is 1. The second-order valence-electron chi connectivity index (χ2n) is 3.83. The highest BCUT2D eigenvalue weighted by Crippen LogP contribution is 2.11. The zero-order valence-corrected chi connectivity index (χ0v) is 10.8. The highest BCUT2D eigenvalue weighted by atomic mass is 14.7. The van der Waals surface area contributed by atoms with Crippen molar-refractivity contribution < 1.29 is 0 Å². The van der Waals surface area contributed by atoms with E-state index in [-0.39, 0.29) is 0 Å². The molecule has 0 saturated carbocycles. The molecule has 1 aromatic rings. The van der Waals surface area contributed by atoms with Crippen LogP contribution in [0.2, 0.25) is 0 Å². The fourth-order valence-electron chi connectivity index (χ4n) is 1.52. The van der Waals surface area contributed by atoms with E-state index in [1.165, 1.54) is 0 Å². The average molecular weight is 225 g/mol. The summed E-state index contributed by atoms with van der Waals surface area (Å²) in [7, 11) is 1.81. The van der Waals surface area contributed by atoms with Crippen molar-refractivity contribution in [2.75, 3.05) is 7.05 Å². The number of rotatable bonds is 4. The SMILES string of the molecule is C=C(C=CC)C(C)=CC(=NC)c1ccccc1. The summed E-state index contributed by atoms with van der Waals surface area (Å²) in [5, 5.41) is 0. The van der Waals surface area contributed by atoms with Gasteiger partial charge in [-0.3, -0.25) is 4.99 Å². The lowest BCUT2D eigenvalue weighted by Crippen LogP contribution is -1.98. The zero-order chi connectivity index (χ0) is 12.7. The Morgan fingerprint density at radius 1 is 1.24 bits per heavy atom. The van der Waals surface area contributed by atoms with E-state index in [4.69, 9.17) is 0 Å². The van der Waals surface area contributed by atoms with E-state index in [0.717, 1.165) is 22.4 Å². The second kappa shape index (κ2) is 6.64. The van der Waals surface area contributed by atoms with Crippen LogP contribution in [-0.2, 0) is 0 Å². The Morgan fingerprint density at radius 2 is 1.88 bits per heavy atom. The molecule has 0 bridgehead atoms. The van der Waals surface area contributed by atoms with Crippen LogP contribution in [0.5, 0.6) is 0 Å². The lowest BCUT2D eigenvalue weighted by Gasteiger charge is -2.04. The minimum Gasteiger partial charge on any atom is -0.288 e. The van der Waals surface area contributed by atoms with Crippen LogP contribution in [0.1, 0.15) is 19.4 Å². The average Bonchev–Trinajstić information content (AvgIpc) is 2.37. The summed E-state index contributed by atoms with van der Waals surface area (Å²) in [5.41, 5.74) is 4.26. The van der Waals surface area contributed by atoms with Crippen LogP contribution in [0.25, 0.3) is 0 Å². The van der Waals surface area contributed by atoms with E-state index in [1.807, 2.05) is 44.3 Å². The molecule has 0 amide bonds. The molecule has 1 aromatic carbocycles. The van der Waals surface area contributed by atoms with E-state index < -0.39 is 0 Å². The molecule has 0 unspecified atom stereocenters. The third kappa shape index (κ3) is 3.87. The van der Waals surface area contributed by atoms with Gasteiger partial charge < -0.3 is 0 Å². The molecular formula is C16H19N. The monoisotopic (exact) mass is 225 g/mol. The van der Waals surface area contributed by atoms with Gasteiger partial charge in [-0.15, -0.1) is 0 Å². The van der Waals surface area contributed by atoms with Gasteiger partial charge >= 0.3 is 0 Å². The quantitative estimate of drug-likeness (QED) is 0.538. The van der Waals surface area contributed by atoms with E-state index in [2.05, 4.69) is 36.7 Å². The van der Waals surface area contributed by atoms with Crippen LogP contribution in [0.15, 0.2) is 71.3 Å². The maximum Gasteiger partial charge on any atom is 0.0645 e. The molecule has 0 aliphatic heterocycles. The van der Waals surface area contributed by atoms with Crippen molar-refractivity contribution in [3.63, 3.8) is 0 Å². The van der Waals surface area contributed by atoms with Gasteiger partial charge in [0.25, 0.3) is 0 Å². The van der Waals surface area contributed by atoms with Gasteiger partial charge in [0.05, 0.1) is 5.71 Å². The van der Waals surface area contributed by atoms with Gasteiger partial charge in [0.1, 0.15) is 0 Å². The summed E-state index contributed by atoms with van der Waals surface area (Å²) in [6.45, 7) is 8.06. The van der Waals surface area contributed by atoms with E-state index in [1.54, 1.807) is 0 Å². The number of hydrogen-bond donors (Lipinski definition) is 0. The molecule has 0 aromatic heterocycles. The molecule has 0 spiro atoms. The molecule has 1 nitrogen and oxygen atoms in total. The van der Waals surface area contributed by atoms with Gasteiger partial charge in [-0.2, -0.15) is 0 Å². The Labute approximate surface area is 104 Å². The lowest BCUT2D eigenvalue weighted by atomic mass is 10.0. The largest absolute Gasteiger partial charge is 0.288 e. The first-order valence-electron chi connectivity index (χ1n) is 5.71. The molecule has 0 radical (unpaired) electrons. The van der Waals surface area contributed by atoms with Crippen LogP contribution in [0, 0.1) is 0 Å². The van der Waals surface area contributed by atoms with Crippen LogP contribution in [0.4, 0.5) is 0 Å². The summed E-state index contributed by atoms with van der Waals surface area (Å²) in [6.07, 6.45) is 6.06. The number of benzene rings is 1. The van der Waals surface area contributed by atoms with Crippen LogP contribution >= 0.6 is 0 Å². The molecule has 0 heterocycles. The zero-order valence-electron chi connectivity index (χ0n) is 10.8. The smallest absolute Gasteiger partial charge is 0.0645 e. The summed E-state index contributed by atoms with van der Waals surface area (Å²) in [5.74, 6) is 0. The molecule has 0 atom stereocenters. The number of aliphatic imine (C=N–C) groups is 1. The maximum absolute atomic E-state index is 4.32. The first kappa shape index (κ1) is 13.2. The Morgan fingerprint density at radius 3 is 2.41 bits per heavy atom. The van der Waals surface area contributed by atoms with Gasteiger partial charge in [-0.25, -0.2) is 0 Å². The standard InChI is InChI=1S/C16H19N/c1-5-9-13(2)14(3)12-16(17-4)15-10-7-6-8-11-15/h5-12H,2H2,1,3-4H3. The fraction of sp³-hybridized carbons (Fsp3) is 0.188. The van der Waals surface area contributed by atoms with Crippen molar-refractivity contribution in [3.05, 3.63) is 71.8 Å². The van der Waals surface area contributed by atoms with E-state index in [9.17, 15) is 0 Å². The van der Waals surface area contributed by atoms with E-state index >= 15 is 0 Å². The van der Waals surface area contributed by atoms with Gasteiger partial charge in [-0.05, 0) is 36.6 Å². The number of allylic oxidation sites excluding steroid dienone is 5. The van der Waals surface area contributed by atoms with Crippen LogP contribution in [0.3, 0.4) is 0 Å². The summed E-state index contributed by atoms with van der Waals surface area (Å²) in [4.78, 5) is 4.32. The molecule has 0 fully saturated rings. The third-order valence-electron chi connectivity index (χ3n) is 2.54. The summed E-state index contributed by atoms with van der Waals surface area (Å²) >= 11 is 0. The summed E-state index contributed by atoms with van der Waals surface area (Å²) < 4.78 is 0. The van der Waals surface area contributed by atoms with Gasteiger partial charge in [0.15, 0.2) is 0 Å². The molecule has 88 valence electrons. The maximum atomic E-state index is 4.32. The topological polar surface area (TPSA) is 12.4 Å². The molecule has 1 heteroatoms. The Balaban J connectivity index is 2.99. The van der Waals surface area contributed by atoms with Gasteiger partial charge in [0, 0.05) is 7.05 Å². The van der Waals surface area contributed by atoms with Crippen molar-refractivity contribution in [1.82, 2.24) is 0 Å². The molecule has 0 N–H and O–H groups in total. The fourth-order valence-corrected chi connectivity index (χ4v) is 1.52. The van der Waals surface area contributed by atoms with Crippen molar-refractivity contribution >= 4 is 5.71 Å². The minimum atomic E-state index is 0.980. The van der Waals surface area contributed by atoms with Gasteiger partial charge in [-0.1, -0.05) is 49.1 Å². The number of nitrogens with zero attached hydrogens (tertiary/aromatic N) is 1. The van der Waals surface area contributed by atoms with Gasteiger partial charge in [0.2, 0.25) is 0 Å². The predicted molar refractivity (Wildman–Crippen MR) is 76.6 cm³/mol. The molecule has 0 saturated heterocycles. The predicted octanol–water partition coefficient (Wildman–Crippen LogP) is 4.18. The molecule has 0 aliphatic rings. The van der Waals surface area contributed by atoms with Crippen LogP contribution < -0.4 is 0 Å². The van der Waals surface area contributed by atoms with E-state index in [0.29, 0.717) is 0 Å². The van der Waals surface area contributed by atoms with Crippen molar-refractivity contribution in [1.29, 1.82) is 0 Å². The lowest BCUT2D eigenvalue weighted by molar-refractivity contribution is 1.40. The first-order valence-corrected chi connectivity index (χ1v) is 5.71. The molecule has 0 aliphatic carbocycles. The highest BCUT2D eigenvalue weighted by Gasteiger charge is 2.00. The highest BCUT2D eigenvalue weighted by molar-refractivity contribution is 6.09. The first-order chi connectivity index (χ1) is 8.19. The Kier molecular flexibility index (Phi) is 5.15. The Bertz CT molecular complexity index is 462. The van der Waals surface area contributed by atoms with Crippen molar-refractivity contribution in [3.8, 4) is 0 Å². The minimum absolute atomic E-state index is 0.980. The van der Waals surface area contributed by atoms with Crippen molar-refractivity contribution in [2.24, 2.45) is 4.99 Å². The summed E-state index contributed by atoms with van der Waals surface area (Å²) in [6, 6.07) is 10.2. The van der Waals surface area contributed by atoms with Crippen LogP contribution in [-0.4, -0.2) is 12.8 Å². The molecule has 1 rings (SSSR count). The normalized spacial score (nSPS) is 13.1. The molecular weight excluding hydrogens is 206 g/mol. The third-order valence-corrected chi connectivity index (χ3v) is 2.54.